The third kappa shape index (κ3) is 4.45. The molecule has 8 heteroatoms. The fraction of sp³-hybridized carbons (Fsp3) is 0.300. The van der Waals surface area contributed by atoms with Crippen LogP contribution in [0.25, 0.3) is 5.69 Å². The zero-order valence-corrected chi connectivity index (χ0v) is 16.9. The molecule has 1 N–H and O–H groups in total. The maximum Gasteiger partial charge on any atom is 0.358 e. The van der Waals surface area contributed by atoms with Gasteiger partial charge in [-0.2, -0.15) is 5.10 Å². The van der Waals surface area contributed by atoms with E-state index in [9.17, 15) is 9.59 Å². The summed E-state index contributed by atoms with van der Waals surface area (Å²) in [6.45, 7) is 5.98. The Morgan fingerprint density at radius 2 is 2.07 bits per heavy atom. The molecule has 0 fully saturated rings. The third-order valence-corrected chi connectivity index (χ3v) is 5.17. The smallest absolute Gasteiger partial charge is 0.358 e. The first kappa shape index (κ1) is 19.8. The lowest BCUT2D eigenvalue weighted by Crippen LogP contribution is -2.12. The van der Waals surface area contributed by atoms with Gasteiger partial charge in [-0.05, 0) is 51.0 Å². The first-order valence-corrected chi connectivity index (χ1v) is 9.94. The van der Waals surface area contributed by atoms with E-state index in [4.69, 9.17) is 4.74 Å². The fourth-order valence-electron chi connectivity index (χ4n) is 2.68. The summed E-state index contributed by atoms with van der Waals surface area (Å²) in [6, 6.07) is 8.86. The molecule has 28 heavy (non-hydrogen) atoms. The zero-order valence-electron chi connectivity index (χ0n) is 16.1. The van der Waals surface area contributed by atoms with E-state index in [0.29, 0.717) is 17.2 Å². The second-order valence-electron chi connectivity index (χ2n) is 6.14. The van der Waals surface area contributed by atoms with E-state index in [1.54, 1.807) is 36.0 Å². The van der Waals surface area contributed by atoms with E-state index in [1.807, 2.05) is 19.1 Å². The van der Waals surface area contributed by atoms with Gasteiger partial charge in [-0.25, -0.2) is 14.5 Å². The van der Waals surface area contributed by atoms with Gasteiger partial charge in [0.1, 0.15) is 4.88 Å². The molecule has 1 amide bonds. The summed E-state index contributed by atoms with van der Waals surface area (Å²) in [5.74, 6) is -0.642. The molecule has 0 unspecified atom stereocenters. The summed E-state index contributed by atoms with van der Waals surface area (Å²) in [6.07, 6.45) is 3.54. The van der Waals surface area contributed by atoms with Crippen LogP contribution in [0.15, 0.2) is 36.5 Å². The lowest BCUT2D eigenvalue weighted by molar-refractivity contribution is 0.0519. The van der Waals surface area contributed by atoms with Crippen LogP contribution in [-0.4, -0.2) is 33.2 Å². The molecule has 3 aromatic rings. The lowest BCUT2D eigenvalue weighted by Gasteiger charge is -2.07. The number of nitrogens with one attached hydrogen (secondary N) is 1. The van der Waals surface area contributed by atoms with Gasteiger partial charge in [0.25, 0.3) is 5.91 Å². The Morgan fingerprint density at radius 1 is 1.25 bits per heavy atom. The summed E-state index contributed by atoms with van der Waals surface area (Å²) in [5, 5.41) is 8.12. The van der Waals surface area contributed by atoms with E-state index in [2.05, 4.69) is 22.3 Å². The highest BCUT2D eigenvalue weighted by atomic mass is 32.1. The minimum atomic E-state index is -0.464. The Labute approximate surface area is 167 Å². The molecule has 7 nitrogen and oxygen atoms in total. The number of hydrogen-bond acceptors (Lipinski definition) is 6. The summed E-state index contributed by atoms with van der Waals surface area (Å²) in [7, 11) is 0. The highest BCUT2D eigenvalue weighted by Crippen LogP contribution is 2.22. The van der Waals surface area contributed by atoms with Crippen molar-refractivity contribution >= 4 is 28.9 Å². The highest BCUT2D eigenvalue weighted by Gasteiger charge is 2.16. The molecule has 0 saturated carbocycles. The lowest BCUT2D eigenvalue weighted by atomic mass is 10.2. The Hall–Kier alpha value is -3.00. The topological polar surface area (TPSA) is 86.1 Å². The van der Waals surface area contributed by atoms with Crippen LogP contribution in [0.4, 0.5) is 5.69 Å². The molecular weight excluding hydrogens is 376 g/mol. The van der Waals surface area contributed by atoms with Gasteiger partial charge in [0.05, 0.1) is 23.0 Å². The van der Waals surface area contributed by atoms with E-state index in [-0.39, 0.29) is 11.6 Å². The first-order valence-electron chi connectivity index (χ1n) is 9.12. The quantitative estimate of drug-likeness (QED) is 0.608. The van der Waals surface area contributed by atoms with Gasteiger partial charge in [-0.3, -0.25) is 4.79 Å². The molecular formula is C20H22N4O3S. The Bertz CT molecular complexity index is 993. The number of aryl methyl sites for hydroxylation is 2. The molecule has 0 aliphatic heterocycles. The van der Waals surface area contributed by atoms with Crippen LogP contribution in [0, 0.1) is 6.92 Å². The maximum atomic E-state index is 12.6. The summed E-state index contributed by atoms with van der Waals surface area (Å²) in [5.41, 5.74) is 2.34. The van der Waals surface area contributed by atoms with Gasteiger partial charge in [0.2, 0.25) is 0 Å². The number of carbonyl (C=O) groups excluding carboxylic acids is 2. The maximum absolute atomic E-state index is 12.6. The molecule has 1 aromatic carbocycles. The van der Waals surface area contributed by atoms with Gasteiger partial charge in [-0.1, -0.05) is 13.0 Å². The van der Waals surface area contributed by atoms with Crippen molar-refractivity contribution in [3.63, 3.8) is 0 Å². The summed E-state index contributed by atoms with van der Waals surface area (Å²) in [4.78, 5) is 29.5. The van der Waals surface area contributed by atoms with Crippen molar-refractivity contribution in [1.82, 2.24) is 14.8 Å². The third-order valence-electron chi connectivity index (χ3n) is 3.95. The van der Waals surface area contributed by atoms with Gasteiger partial charge < -0.3 is 10.1 Å². The number of amides is 1. The summed E-state index contributed by atoms with van der Waals surface area (Å²) >= 11 is 1.43. The molecule has 3 rings (SSSR count). The normalized spacial score (nSPS) is 10.7. The SMILES string of the molecule is CCCc1nc(C)c(C(=O)Nc2cccc(-n3ccc(C(=O)OCC)n3)c2)s1. The number of carbonyl (C=O) groups is 2. The molecule has 0 aliphatic rings. The number of thiazole rings is 1. The van der Waals surface area contributed by atoms with Crippen LogP contribution in [0.1, 0.15) is 51.1 Å². The van der Waals surface area contributed by atoms with Crippen molar-refractivity contribution in [2.75, 3.05) is 11.9 Å². The molecule has 0 radical (unpaired) electrons. The molecule has 0 atom stereocenters. The van der Waals surface area contributed by atoms with Crippen LogP contribution in [0.2, 0.25) is 0 Å². The average molecular weight is 398 g/mol. The summed E-state index contributed by atoms with van der Waals surface area (Å²) < 4.78 is 6.53. The standard InChI is InChI=1S/C20H22N4O3S/c1-4-7-17-21-13(3)18(28-17)19(25)22-14-8-6-9-15(12-14)24-11-10-16(23-24)20(26)27-5-2/h6,8-12H,4-5,7H2,1-3H3,(H,22,25). The second-order valence-corrected chi connectivity index (χ2v) is 7.23. The minimum Gasteiger partial charge on any atom is -0.461 e. The number of aromatic nitrogens is 3. The van der Waals surface area contributed by atoms with Crippen LogP contribution in [0.3, 0.4) is 0 Å². The Morgan fingerprint density at radius 3 is 2.82 bits per heavy atom. The fourth-order valence-corrected chi connectivity index (χ4v) is 3.74. The minimum absolute atomic E-state index is 0.179. The predicted molar refractivity (Wildman–Crippen MR) is 108 cm³/mol. The van der Waals surface area contributed by atoms with E-state index >= 15 is 0 Å². The first-order chi connectivity index (χ1) is 13.5. The average Bonchev–Trinajstić information content (AvgIpc) is 3.30. The second kappa shape index (κ2) is 8.79. The number of hydrogen-bond donors (Lipinski definition) is 1. The number of nitrogens with zero attached hydrogens (tertiary/aromatic N) is 3. The van der Waals surface area contributed by atoms with Gasteiger partial charge in [0, 0.05) is 11.9 Å². The molecule has 146 valence electrons. The largest absolute Gasteiger partial charge is 0.461 e. The van der Waals surface area contributed by atoms with Crippen LogP contribution >= 0.6 is 11.3 Å². The van der Waals surface area contributed by atoms with Gasteiger partial charge >= 0.3 is 5.97 Å². The molecule has 2 heterocycles. The van der Waals surface area contributed by atoms with Gasteiger partial charge in [-0.15, -0.1) is 11.3 Å². The van der Waals surface area contributed by atoms with Crippen molar-refractivity contribution in [2.45, 2.75) is 33.6 Å². The Balaban J connectivity index is 1.76. The van der Waals surface area contributed by atoms with E-state index in [0.717, 1.165) is 29.2 Å². The number of anilines is 1. The number of benzene rings is 1. The molecule has 0 saturated heterocycles. The van der Waals surface area contributed by atoms with Crippen LogP contribution < -0.4 is 5.32 Å². The monoisotopic (exact) mass is 398 g/mol. The van der Waals surface area contributed by atoms with Crippen molar-refractivity contribution in [1.29, 1.82) is 0 Å². The molecule has 0 spiro atoms. The Kier molecular flexibility index (Phi) is 6.20. The number of ether oxygens (including phenoxy) is 1. The molecule has 2 aromatic heterocycles. The van der Waals surface area contributed by atoms with E-state index < -0.39 is 5.97 Å². The van der Waals surface area contributed by atoms with Crippen molar-refractivity contribution in [2.24, 2.45) is 0 Å². The van der Waals surface area contributed by atoms with E-state index in [1.165, 1.54) is 11.3 Å². The van der Waals surface area contributed by atoms with Crippen molar-refractivity contribution < 1.29 is 14.3 Å². The van der Waals surface area contributed by atoms with Gasteiger partial charge in [0.15, 0.2) is 5.69 Å². The number of esters is 1. The predicted octanol–water partition coefficient (Wildman–Crippen LogP) is 4.02. The zero-order chi connectivity index (χ0) is 20.1. The van der Waals surface area contributed by atoms with Crippen LogP contribution in [0.5, 0.6) is 0 Å². The van der Waals surface area contributed by atoms with Crippen LogP contribution in [-0.2, 0) is 11.2 Å². The molecule has 0 aliphatic carbocycles. The highest BCUT2D eigenvalue weighted by molar-refractivity contribution is 7.13. The van der Waals surface area contributed by atoms with Crippen molar-refractivity contribution in [3.05, 3.63) is 57.8 Å². The van der Waals surface area contributed by atoms with Crippen molar-refractivity contribution in [3.8, 4) is 5.69 Å². The molecule has 0 bridgehead atoms. The number of rotatable bonds is 7.